The van der Waals surface area contributed by atoms with Gasteiger partial charge in [0.1, 0.15) is 18.5 Å². The Labute approximate surface area is 109 Å². The van der Waals surface area contributed by atoms with Crippen molar-refractivity contribution in [2.75, 3.05) is 13.2 Å². The molecule has 0 fully saturated rings. The van der Waals surface area contributed by atoms with Crippen LogP contribution >= 0.6 is 0 Å². The second kappa shape index (κ2) is 6.44. The number of terminal acetylenes is 1. The molecular formula is C15H21NO2. The van der Waals surface area contributed by atoms with Crippen LogP contribution in [0, 0.1) is 19.3 Å². The average molecular weight is 247 g/mol. The highest BCUT2D eigenvalue weighted by Crippen LogP contribution is 2.12. The van der Waals surface area contributed by atoms with Crippen LogP contribution in [-0.2, 0) is 0 Å². The van der Waals surface area contributed by atoms with Crippen LogP contribution in [0.25, 0.3) is 0 Å². The molecule has 0 bridgehead atoms. The van der Waals surface area contributed by atoms with Crippen LogP contribution in [-0.4, -0.2) is 29.9 Å². The summed E-state index contributed by atoms with van der Waals surface area (Å²) in [6, 6.07) is 7.74. The molecule has 98 valence electrons. The van der Waals surface area contributed by atoms with Gasteiger partial charge in [-0.25, -0.2) is 0 Å². The smallest absolute Gasteiger partial charge is 0.119 e. The molecule has 0 radical (unpaired) electrons. The quantitative estimate of drug-likeness (QED) is 0.752. The summed E-state index contributed by atoms with van der Waals surface area (Å²) in [6.07, 6.45) is 4.76. The van der Waals surface area contributed by atoms with Crippen molar-refractivity contribution in [2.24, 2.45) is 0 Å². The average Bonchev–Trinajstić information content (AvgIpc) is 2.34. The SMILES string of the molecule is C#CC(C)(C)NCC(O)COc1cccc(C)c1. The van der Waals surface area contributed by atoms with Gasteiger partial charge in [0, 0.05) is 6.54 Å². The van der Waals surface area contributed by atoms with Gasteiger partial charge in [-0.05, 0) is 38.5 Å². The molecule has 0 saturated carbocycles. The zero-order valence-corrected chi connectivity index (χ0v) is 11.2. The molecule has 3 heteroatoms. The molecule has 0 aliphatic rings. The molecular weight excluding hydrogens is 226 g/mol. The standard InChI is InChI=1S/C15H21NO2/c1-5-15(3,4)16-10-13(17)11-18-14-8-6-7-12(2)9-14/h1,6-9,13,16-17H,10-11H2,2-4H3. The summed E-state index contributed by atoms with van der Waals surface area (Å²) in [7, 11) is 0. The van der Waals surface area contributed by atoms with Gasteiger partial charge in [0.2, 0.25) is 0 Å². The summed E-state index contributed by atoms with van der Waals surface area (Å²) >= 11 is 0. The molecule has 0 spiro atoms. The Morgan fingerprint density at radius 2 is 2.22 bits per heavy atom. The minimum absolute atomic E-state index is 0.247. The van der Waals surface area contributed by atoms with Crippen molar-refractivity contribution < 1.29 is 9.84 Å². The van der Waals surface area contributed by atoms with Crippen LogP contribution in [0.5, 0.6) is 5.75 Å². The van der Waals surface area contributed by atoms with Gasteiger partial charge in [-0.2, -0.15) is 0 Å². The molecule has 1 unspecified atom stereocenters. The molecule has 1 aromatic rings. The molecule has 1 rings (SSSR count). The number of aliphatic hydroxyl groups excluding tert-OH is 1. The maximum absolute atomic E-state index is 9.78. The highest BCUT2D eigenvalue weighted by molar-refractivity contribution is 5.27. The minimum Gasteiger partial charge on any atom is -0.491 e. The third-order valence-corrected chi connectivity index (χ3v) is 2.57. The predicted molar refractivity (Wildman–Crippen MR) is 73.6 cm³/mol. The first kappa shape index (κ1) is 14.6. The number of benzene rings is 1. The number of ether oxygens (including phenoxy) is 1. The van der Waals surface area contributed by atoms with Gasteiger partial charge in [-0.1, -0.05) is 18.1 Å². The predicted octanol–water partition coefficient (Wildman–Crippen LogP) is 1.74. The van der Waals surface area contributed by atoms with E-state index in [9.17, 15) is 5.11 Å². The van der Waals surface area contributed by atoms with Crippen molar-refractivity contribution in [1.82, 2.24) is 5.32 Å². The number of rotatable bonds is 6. The van der Waals surface area contributed by atoms with Crippen LogP contribution in [0.3, 0.4) is 0 Å². The lowest BCUT2D eigenvalue weighted by Crippen LogP contribution is -2.43. The third-order valence-electron chi connectivity index (χ3n) is 2.57. The Bertz CT molecular complexity index is 421. The van der Waals surface area contributed by atoms with Crippen LogP contribution in [0.15, 0.2) is 24.3 Å². The summed E-state index contributed by atoms with van der Waals surface area (Å²) in [4.78, 5) is 0. The highest BCUT2D eigenvalue weighted by Gasteiger charge is 2.15. The van der Waals surface area contributed by atoms with E-state index in [2.05, 4.69) is 11.2 Å². The highest BCUT2D eigenvalue weighted by atomic mass is 16.5. The van der Waals surface area contributed by atoms with Crippen molar-refractivity contribution >= 4 is 0 Å². The first-order chi connectivity index (χ1) is 8.43. The lowest BCUT2D eigenvalue weighted by molar-refractivity contribution is 0.102. The van der Waals surface area contributed by atoms with E-state index in [0.717, 1.165) is 11.3 Å². The number of β-amino-alcohol motifs (C(OH)–C–C–N with tert-alkyl or cyclic N) is 1. The van der Waals surface area contributed by atoms with Gasteiger partial charge in [-0.15, -0.1) is 6.42 Å². The molecule has 0 aliphatic heterocycles. The summed E-state index contributed by atoms with van der Waals surface area (Å²) in [6.45, 7) is 6.43. The first-order valence-corrected chi connectivity index (χ1v) is 6.03. The summed E-state index contributed by atoms with van der Waals surface area (Å²) in [5.41, 5.74) is 0.721. The summed E-state index contributed by atoms with van der Waals surface area (Å²) in [5, 5.41) is 12.9. The van der Waals surface area contributed by atoms with Gasteiger partial charge in [0.15, 0.2) is 0 Å². The number of hydrogen-bond donors (Lipinski definition) is 2. The molecule has 0 heterocycles. The zero-order chi connectivity index (χ0) is 13.6. The van der Waals surface area contributed by atoms with E-state index in [1.54, 1.807) is 0 Å². The van der Waals surface area contributed by atoms with Crippen LogP contribution in [0.4, 0.5) is 0 Å². The fourth-order valence-electron chi connectivity index (χ4n) is 1.38. The molecule has 3 nitrogen and oxygen atoms in total. The monoisotopic (exact) mass is 247 g/mol. The van der Waals surface area contributed by atoms with E-state index in [1.165, 1.54) is 0 Å². The Morgan fingerprint density at radius 3 is 2.83 bits per heavy atom. The van der Waals surface area contributed by atoms with Crippen molar-refractivity contribution in [2.45, 2.75) is 32.4 Å². The molecule has 0 amide bonds. The van der Waals surface area contributed by atoms with E-state index < -0.39 is 11.6 Å². The fourth-order valence-corrected chi connectivity index (χ4v) is 1.38. The van der Waals surface area contributed by atoms with Crippen molar-refractivity contribution in [3.63, 3.8) is 0 Å². The Kier molecular flexibility index (Phi) is 5.21. The molecule has 1 atom stereocenters. The second-order valence-electron chi connectivity index (χ2n) is 4.93. The van der Waals surface area contributed by atoms with Gasteiger partial charge in [0.05, 0.1) is 5.54 Å². The Balaban J connectivity index is 2.34. The van der Waals surface area contributed by atoms with Crippen LogP contribution in [0.1, 0.15) is 19.4 Å². The summed E-state index contributed by atoms with van der Waals surface area (Å²) < 4.78 is 5.51. The normalized spacial score (nSPS) is 12.8. The van der Waals surface area contributed by atoms with Crippen molar-refractivity contribution in [3.8, 4) is 18.1 Å². The Morgan fingerprint density at radius 1 is 1.50 bits per heavy atom. The van der Waals surface area contributed by atoms with E-state index >= 15 is 0 Å². The van der Waals surface area contributed by atoms with Crippen LogP contribution in [0.2, 0.25) is 0 Å². The minimum atomic E-state index is -0.585. The lowest BCUT2D eigenvalue weighted by Gasteiger charge is -2.22. The van der Waals surface area contributed by atoms with Gasteiger partial charge >= 0.3 is 0 Å². The fraction of sp³-hybridized carbons (Fsp3) is 0.467. The maximum atomic E-state index is 9.78. The number of nitrogens with one attached hydrogen (secondary N) is 1. The molecule has 0 saturated heterocycles. The second-order valence-corrected chi connectivity index (χ2v) is 4.93. The topological polar surface area (TPSA) is 41.5 Å². The van der Waals surface area contributed by atoms with E-state index in [1.807, 2.05) is 45.0 Å². The summed E-state index contributed by atoms with van der Waals surface area (Å²) in [5.74, 6) is 3.38. The largest absolute Gasteiger partial charge is 0.491 e. The molecule has 18 heavy (non-hydrogen) atoms. The molecule has 0 aliphatic carbocycles. The number of aryl methyl sites for hydroxylation is 1. The van der Waals surface area contributed by atoms with Gasteiger partial charge < -0.3 is 9.84 Å². The maximum Gasteiger partial charge on any atom is 0.119 e. The van der Waals surface area contributed by atoms with E-state index in [-0.39, 0.29) is 6.61 Å². The number of hydrogen-bond acceptors (Lipinski definition) is 3. The number of aliphatic hydroxyl groups is 1. The van der Waals surface area contributed by atoms with Gasteiger partial charge in [0.25, 0.3) is 0 Å². The first-order valence-electron chi connectivity index (χ1n) is 6.03. The lowest BCUT2D eigenvalue weighted by atomic mass is 10.1. The van der Waals surface area contributed by atoms with E-state index in [4.69, 9.17) is 11.2 Å². The molecule has 0 aromatic heterocycles. The van der Waals surface area contributed by atoms with Gasteiger partial charge in [-0.3, -0.25) is 5.32 Å². The third kappa shape index (κ3) is 5.22. The molecule has 1 aromatic carbocycles. The van der Waals surface area contributed by atoms with E-state index in [0.29, 0.717) is 6.54 Å². The van der Waals surface area contributed by atoms with Crippen molar-refractivity contribution in [3.05, 3.63) is 29.8 Å². The van der Waals surface area contributed by atoms with Crippen LogP contribution < -0.4 is 10.1 Å². The zero-order valence-electron chi connectivity index (χ0n) is 11.2. The Hall–Kier alpha value is -1.50. The van der Waals surface area contributed by atoms with Crippen molar-refractivity contribution in [1.29, 1.82) is 0 Å². The molecule has 2 N–H and O–H groups in total.